The highest BCUT2D eigenvalue weighted by Gasteiger charge is 2.29. The number of fused-ring (bicyclic) bond motifs is 1. The fraction of sp³-hybridized carbons (Fsp3) is 0.292. The minimum Gasteiger partial charge on any atom is -0.492 e. The summed E-state index contributed by atoms with van der Waals surface area (Å²) in [5.41, 5.74) is 2.34. The van der Waals surface area contributed by atoms with Gasteiger partial charge in [-0.2, -0.15) is 0 Å². The van der Waals surface area contributed by atoms with Crippen LogP contribution in [0.1, 0.15) is 18.1 Å². The van der Waals surface area contributed by atoms with Gasteiger partial charge in [-0.15, -0.1) is 0 Å². The molecule has 0 radical (unpaired) electrons. The third-order valence-electron chi connectivity index (χ3n) is 4.94. The third-order valence-corrected chi connectivity index (χ3v) is 6.18. The van der Waals surface area contributed by atoms with Crippen LogP contribution in [-0.4, -0.2) is 39.8 Å². The molecule has 1 atom stereocenters. The molecule has 0 aliphatic rings. The Bertz CT molecular complexity index is 1170. The maximum absolute atomic E-state index is 12.7. The number of benzene rings is 3. The smallest absolute Gasteiger partial charge is 0.243 e. The third kappa shape index (κ3) is 5.76. The Labute approximate surface area is 183 Å². The van der Waals surface area contributed by atoms with Crippen molar-refractivity contribution in [3.8, 4) is 5.75 Å². The molecule has 7 heteroatoms. The van der Waals surface area contributed by atoms with Crippen molar-refractivity contribution in [3.05, 3.63) is 71.8 Å². The summed E-state index contributed by atoms with van der Waals surface area (Å²) in [5.74, 6) is 0.334. The molecule has 1 N–H and O–H groups in total. The molecule has 3 aromatic carbocycles. The summed E-state index contributed by atoms with van der Waals surface area (Å²) in [5, 5.41) is 4.98. The predicted molar refractivity (Wildman–Crippen MR) is 125 cm³/mol. The van der Waals surface area contributed by atoms with Gasteiger partial charge in [0.25, 0.3) is 0 Å². The van der Waals surface area contributed by atoms with Crippen molar-refractivity contribution < 1.29 is 17.9 Å². The molecule has 0 spiro atoms. The van der Waals surface area contributed by atoms with E-state index in [2.05, 4.69) is 5.32 Å². The second-order valence-corrected chi connectivity index (χ2v) is 9.59. The Kier molecular flexibility index (Phi) is 6.85. The molecule has 3 aromatic rings. The van der Waals surface area contributed by atoms with E-state index in [9.17, 15) is 13.2 Å². The number of anilines is 1. The van der Waals surface area contributed by atoms with E-state index in [4.69, 9.17) is 4.74 Å². The minimum atomic E-state index is -3.65. The molecule has 6 nitrogen and oxygen atoms in total. The average molecular weight is 441 g/mol. The molecule has 1 unspecified atom stereocenters. The number of rotatable bonds is 8. The van der Waals surface area contributed by atoms with Crippen molar-refractivity contribution in [3.63, 3.8) is 0 Å². The second-order valence-electron chi connectivity index (χ2n) is 7.73. The van der Waals surface area contributed by atoms with E-state index in [1.54, 1.807) is 19.1 Å². The van der Waals surface area contributed by atoms with E-state index in [0.29, 0.717) is 11.4 Å². The number of sulfonamides is 1. The number of hydrogen-bond donors (Lipinski definition) is 1. The highest BCUT2D eigenvalue weighted by atomic mass is 32.2. The molecule has 3 rings (SSSR count). The van der Waals surface area contributed by atoms with E-state index in [-0.39, 0.29) is 19.1 Å². The highest BCUT2D eigenvalue weighted by Crippen LogP contribution is 2.24. The summed E-state index contributed by atoms with van der Waals surface area (Å²) in [6.45, 7) is 5.91. The Hall–Kier alpha value is -3.06. The molecular formula is C24H28N2O4S. The lowest BCUT2D eigenvalue weighted by atomic mass is 10.1. The molecule has 0 fully saturated rings. The lowest BCUT2D eigenvalue weighted by Gasteiger charge is -2.28. The fourth-order valence-electron chi connectivity index (χ4n) is 3.63. The van der Waals surface area contributed by atoms with Gasteiger partial charge in [0.1, 0.15) is 18.4 Å². The van der Waals surface area contributed by atoms with Crippen molar-refractivity contribution in [2.45, 2.75) is 26.8 Å². The Morgan fingerprint density at radius 3 is 2.29 bits per heavy atom. The zero-order chi connectivity index (χ0) is 22.6. The van der Waals surface area contributed by atoms with Crippen molar-refractivity contribution >= 4 is 32.4 Å². The van der Waals surface area contributed by atoms with E-state index >= 15 is 0 Å². The highest BCUT2D eigenvalue weighted by molar-refractivity contribution is 7.92. The Morgan fingerprint density at radius 1 is 1.00 bits per heavy atom. The summed E-state index contributed by atoms with van der Waals surface area (Å²) >= 11 is 0. The van der Waals surface area contributed by atoms with Gasteiger partial charge < -0.3 is 10.1 Å². The van der Waals surface area contributed by atoms with Crippen LogP contribution in [0.4, 0.5) is 5.69 Å². The minimum absolute atomic E-state index is 0.264. The van der Waals surface area contributed by atoms with Crippen LogP contribution in [0.3, 0.4) is 0 Å². The first-order valence-corrected chi connectivity index (χ1v) is 12.0. The predicted octanol–water partition coefficient (Wildman–Crippen LogP) is 3.81. The van der Waals surface area contributed by atoms with Crippen LogP contribution in [-0.2, 0) is 14.8 Å². The maximum Gasteiger partial charge on any atom is 0.243 e. The lowest BCUT2D eigenvalue weighted by Crippen LogP contribution is -2.48. The van der Waals surface area contributed by atoms with Gasteiger partial charge in [-0.25, -0.2) is 8.42 Å². The molecule has 31 heavy (non-hydrogen) atoms. The molecule has 0 bridgehead atoms. The Morgan fingerprint density at radius 2 is 1.65 bits per heavy atom. The molecular weight excluding hydrogens is 412 g/mol. The lowest BCUT2D eigenvalue weighted by molar-refractivity contribution is -0.121. The van der Waals surface area contributed by atoms with Crippen LogP contribution in [0, 0.1) is 13.8 Å². The Balaban J connectivity index is 1.62. The summed E-state index contributed by atoms with van der Waals surface area (Å²) in [6, 6.07) is 18.4. The summed E-state index contributed by atoms with van der Waals surface area (Å²) < 4.78 is 31.8. The monoisotopic (exact) mass is 440 g/mol. The number of carbonyl (C=O) groups excluding carboxylic acids is 1. The van der Waals surface area contributed by atoms with Gasteiger partial charge in [0.2, 0.25) is 15.9 Å². The number of amides is 1. The van der Waals surface area contributed by atoms with Gasteiger partial charge >= 0.3 is 0 Å². The second kappa shape index (κ2) is 9.39. The maximum atomic E-state index is 12.7. The van der Waals surface area contributed by atoms with Crippen molar-refractivity contribution in [2.75, 3.05) is 23.7 Å². The van der Waals surface area contributed by atoms with Gasteiger partial charge in [0.15, 0.2) is 0 Å². The van der Waals surface area contributed by atoms with Gasteiger partial charge in [0.05, 0.1) is 18.5 Å². The first kappa shape index (κ1) is 22.6. The molecule has 0 heterocycles. The molecule has 164 valence electrons. The van der Waals surface area contributed by atoms with Crippen LogP contribution >= 0.6 is 0 Å². The van der Waals surface area contributed by atoms with Crippen molar-refractivity contribution in [2.24, 2.45) is 0 Å². The number of nitrogens with one attached hydrogen (secondary N) is 1. The SMILES string of the molecule is Cc1cc(C)cc(N(C(C)C(=O)NCCOc2ccc3ccccc3c2)S(C)(=O)=O)c1. The largest absolute Gasteiger partial charge is 0.492 e. The van der Waals surface area contributed by atoms with Gasteiger partial charge in [0, 0.05) is 0 Å². The number of nitrogens with zero attached hydrogens (tertiary/aromatic N) is 1. The molecule has 0 saturated carbocycles. The van der Waals surface area contributed by atoms with Crippen molar-refractivity contribution in [1.29, 1.82) is 0 Å². The van der Waals surface area contributed by atoms with Crippen LogP contribution in [0.5, 0.6) is 5.75 Å². The number of hydrogen-bond acceptors (Lipinski definition) is 4. The number of aryl methyl sites for hydroxylation is 2. The molecule has 0 aliphatic carbocycles. The van der Waals surface area contributed by atoms with Crippen LogP contribution < -0.4 is 14.4 Å². The zero-order valence-corrected chi connectivity index (χ0v) is 19.1. The van der Waals surface area contributed by atoms with Crippen LogP contribution in [0.2, 0.25) is 0 Å². The summed E-state index contributed by atoms with van der Waals surface area (Å²) in [7, 11) is -3.65. The van der Waals surface area contributed by atoms with Crippen LogP contribution in [0.15, 0.2) is 60.7 Å². The topological polar surface area (TPSA) is 75.7 Å². The summed E-state index contributed by atoms with van der Waals surface area (Å²) in [6.07, 6.45) is 1.11. The van der Waals surface area contributed by atoms with Crippen LogP contribution in [0.25, 0.3) is 10.8 Å². The first-order valence-electron chi connectivity index (χ1n) is 10.1. The quantitative estimate of drug-likeness (QED) is 0.541. The number of carbonyl (C=O) groups is 1. The fourth-order valence-corrected chi connectivity index (χ4v) is 4.79. The standard InChI is InChI=1S/C24H28N2O4S/c1-17-13-18(2)15-22(14-17)26(31(4,28)29)19(3)24(27)25-11-12-30-23-10-9-20-7-5-6-8-21(20)16-23/h5-10,13-16,19H,11-12H2,1-4H3,(H,25,27). The molecule has 0 aliphatic heterocycles. The van der Waals surface area contributed by atoms with Gasteiger partial charge in [-0.1, -0.05) is 36.4 Å². The van der Waals surface area contributed by atoms with E-state index < -0.39 is 16.1 Å². The normalized spacial score (nSPS) is 12.4. The van der Waals surface area contributed by atoms with E-state index in [0.717, 1.165) is 32.5 Å². The van der Waals surface area contributed by atoms with Gasteiger partial charge in [-0.3, -0.25) is 9.10 Å². The van der Waals surface area contributed by atoms with Gasteiger partial charge in [-0.05, 0) is 66.9 Å². The number of ether oxygens (including phenoxy) is 1. The van der Waals surface area contributed by atoms with E-state index in [1.807, 2.05) is 62.4 Å². The average Bonchev–Trinajstić information content (AvgIpc) is 2.69. The first-order chi connectivity index (χ1) is 14.6. The van der Waals surface area contributed by atoms with Crippen molar-refractivity contribution in [1.82, 2.24) is 5.32 Å². The summed E-state index contributed by atoms with van der Waals surface area (Å²) in [4.78, 5) is 12.7. The zero-order valence-electron chi connectivity index (χ0n) is 18.3. The molecule has 1 amide bonds. The van der Waals surface area contributed by atoms with E-state index in [1.165, 1.54) is 0 Å². The molecule has 0 saturated heterocycles. The molecule has 0 aromatic heterocycles.